The fraction of sp³-hybridized carbons (Fsp3) is 0.778. The Morgan fingerprint density at radius 2 is 1.93 bits per heavy atom. The molecular weight excluding hydrogens is 218 g/mol. The smallest absolute Gasteiger partial charge is 0.328 e. The molecule has 0 spiro atoms. The maximum Gasteiger partial charge on any atom is 0.328 e. The maximum atomic E-state index is 11.3. The Morgan fingerprint density at radius 1 is 1.40 bits per heavy atom. The molecule has 0 radical (unpaired) electrons. The number of aliphatic carboxylic acids is 1. The second-order valence-corrected chi connectivity index (χ2v) is 5.84. The molecule has 0 rings (SSSR count). The summed E-state index contributed by atoms with van der Waals surface area (Å²) < 4.78 is -0.0464. The molecule has 0 aliphatic rings. The first kappa shape index (κ1) is 14.2. The van der Waals surface area contributed by atoms with Gasteiger partial charge in [0.1, 0.15) is 6.04 Å². The van der Waals surface area contributed by atoms with Gasteiger partial charge in [0.25, 0.3) is 0 Å². The van der Waals surface area contributed by atoms with E-state index in [1.165, 1.54) is 11.8 Å². The molecule has 0 aromatic carbocycles. The lowest BCUT2D eigenvalue weighted by molar-refractivity contribution is -0.142. The van der Waals surface area contributed by atoms with Gasteiger partial charge in [0.15, 0.2) is 0 Å². The first-order valence-corrected chi connectivity index (χ1v) is 5.52. The van der Waals surface area contributed by atoms with E-state index in [2.05, 4.69) is 5.32 Å². The number of aliphatic hydroxyl groups is 1. The Morgan fingerprint density at radius 3 is 2.27 bits per heavy atom. The summed E-state index contributed by atoms with van der Waals surface area (Å²) in [4.78, 5) is 21.7. The second kappa shape index (κ2) is 5.97. The van der Waals surface area contributed by atoms with Crippen LogP contribution >= 0.6 is 11.8 Å². The van der Waals surface area contributed by atoms with Crippen molar-refractivity contribution in [1.29, 1.82) is 0 Å². The Bertz CT molecular complexity index is 237. The van der Waals surface area contributed by atoms with Crippen molar-refractivity contribution in [2.24, 2.45) is 0 Å². The molecule has 88 valence electrons. The van der Waals surface area contributed by atoms with Crippen LogP contribution in [0.3, 0.4) is 0 Å². The van der Waals surface area contributed by atoms with Gasteiger partial charge >= 0.3 is 5.97 Å². The highest BCUT2D eigenvalue weighted by atomic mass is 32.2. The van der Waals surface area contributed by atoms with Gasteiger partial charge in [0.2, 0.25) is 5.91 Å². The third kappa shape index (κ3) is 7.21. The van der Waals surface area contributed by atoms with Crippen molar-refractivity contribution in [3.63, 3.8) is 0 Å². The van der Waals surface area contributed by atoms with Crippen LogP contribution in [0.5, 0.6) is 0 Å². The van der Waals surface area contributed by atoms with E-state index in [1.807, 2.05) is 20.8 Å². The summed E-state index contributed by atoms with van der Waals surface area (Å²) in [6.45, 7) is 5.30. The molecule has 0 bridgehead atoms. The molecule has 0 aromatic heterocycles. The highest BCUT2D eigenvalue weighted by Gasteiger charge is 2.20. The topological polar surface area (TPSA) is 86.6 Å². The Labute approximate surface area is 93.2 Å². The maximum absolute atomic E-state index is 11.3. The summed E-state index contributed by atoms with van der Waals surface area (Å²) in [7, 11) is 0. The fourth-order valence-electron chi connectivity index (χ4n) is 0.704. The largest absolute Gasteiger partial charge is 0.480 e. The third-order valence-corrected chi connectivity index (χ3v) is 2.72. The van der Waals surface area contributed by atoms with Crippen LogP contribution in [0.1, 0.15) is 20.8 Å². The average Bonchev–Trinajstić information content (AvgIpc) is 2.09. The second-order valence-electron chi connectivity index (χ2n) is 4.04. The number of carbonyl (C=O) groups is 2. The molecule has 0 saturated heterocycles. The summed E-state index contributed by atoms with van der Waals surface area (Å²) in [6.07, 6.45) is 0. The number of hydrogen-bond donors (Lipinski definition) is 3. The zero-order valence-corrected chi connectivity index (χ0v) is 9.93. The first-order chi connectivity index (χ1) is 6.76. The summed E-state index contributed by atoms with van der Waals surface area (Å²) in [6, 6.07) is -1.21. The van der Waals surface area contributed by atoms with E-state index in [0.717, 1.165) is 0 Å². The van der Waals surface area contributed by atoms with E-state index in [-0.39, 0.29) is 16.4 Å². The lowest BCUT2D eigenvalue weighted by Crippen LogP contribution is -2.44. The zero-order valence-electron chi connectivity index (χ0n) is 9.11. The van der Waals surface area contributed by atoms with Gasteiger partial charge in [-0.3, -0.25) is 4.79 Å². The number of carbonyl (C=O) groups excluding carboxylic acids is 1. The van der Waals surface area contributed by atoms with Crippen molar-refractivity contribution >= 4 is 23.6 Å². The highest BCUT2D eigenvalue weighted by molar-refractivity contribution is 8.01. The predicted molar refractivity (Wildman–Crippen MR) is 58.9 cm³/mol. The average molecular weight is 235 g/mol. The van der Waals surface area contributed by atoms with Gasteiger partial charge in [-0.15, -0.1) is 11.8 Å². The highest BCUT2D eigenvalue weighted by Crippen LogP contribution is 2.22. The molecular formula is C9H17NO4S. The van der Waals surface area contributed by atoms with E-state index in [1.54, 1.807) is 0 Å². The van der Waals surface area contributed by atoms with Crippen LogP contribution in [0, 0.1) is 0 Å². The van der Waals surface area contributed by atoms with Gasteiger partial charge in [0.05, 0.1) is 12.4 Å². The summed E-state index contributed by atoms with van der Waals surface area (Å²) in [5.41, 5.74) is 0. The predicted octanol–water partition coefficient (Wildman–Crippen LogP) is 0.0798. The number of carboxylic acids is 1. The van der Waals surface area contributed by atoms with E-state index in [4.69, 9.17) is 10.2 Å². The van der Waals surface area contributed by atoms with Gasteiger partial charge in [-0.05, 0) is 0 Å². The number of rotatable bonds is 5. The minimum atomic E-state index is -1.23. The normalized spacial score (nSPS) is 13.3. The Kier molecular flexibility index (Phi) is 5.67. The van der Waals surface area contributed by atoms with Crippen LogP contribution in [0.15, 0.2) is 0 Å². The van der Waals surface area contributed by atoms with E-state index >= 15 is 0 Å². The molecule has 0 aliphatic carbocycles. The number of nitrogens with one attached hydrogen (secondary N) is 1. The van der Waals surface area contributed by atoms with Crippen LogP contribution < -0.4 is 5.32 Å². The number of carboxylic acid groups (broad SMARTS) is 1. The molecule has 0 aromatic rings. The molecule has 0 unspecified atom stereocenters. The van der Waals surface area contributed by atoms with Crippen LogP contribution in [0.2, 0.25) is 0 Å². The molecule has 0 saturated carbocycles. The Balaban J connectivity index is 3.98. The van der Waals surface area contributed by atoms with Crippen LogP contribution in [0.25, 0.3) is 0 Å². The lowest BCUT2D eigenvalue weighted by atomic mass is 10.3. The van der Waals surface area contributed by atoms with Crippen molar-refractivity contribution in [2.75, 3.05) is 12.4 Å². The molecule has 1 atom stereocenters. The van der Waals surface area contributed by atoms with Gasteiger partial charge in [-0.1, -0.05) is 20.8 Å². The molecule has 0 fully saturated rings. The number of thioether (sulfide) groups is 1. The quantitative estimate of drug-likeness (QED) is 0.628. The van der Waals surface area contributed by atoms with Gasteiger partial charge < -0.3 is 15.5 Å². The lowest BCUT2D eigenvalue weighted by Gasteiger charge is -2.18. The van der Waals surface area contributed by atoms with Gasteiger partial charge in [0, 0.05) is 4.75 Å². The molecule has 0 heterocycles. The van der Waals surface area contributed by atoms with Crippen molar-refractivity contribution in [3.05, 3.63) is 0 Å². The first-order valence-electron chi connectivity index (χ1n) is 4.53. The molecule has 15 heavy (non-hydrogen) atoms. The van der Waals surface area contributed by atoms with E-state index in [0.29, 0.717) is 0 Å². The zero-order chi connectivity index (χ0) is 12.1. The third-order valence-electron chi connectivity index (χ3n) is 1.45. The molecule has 1 amide bonds. The standard InChI is InChI=1S/C9H17NO4S/c1-9(2,3)15-5-7(12)10-6(4-11)8(13)14/h6,11H,4-5H2,1-3H3,(H,10,12)(H,13,14)/t6-/m1/s1. The monoisotopic (exact) mass is 235 g/mol. The van der Waals surface area contributed by atoms with Gasteiger partial charge in [-0.2, -0.15) is 0 Å². The van der Waals surface area contributed by atoms with Crippen molar-refractivity contribution in [3.8, 4) is 0 Å². The summed E-state index contributed by atoms with van der Waals surface area (Å²) >= 11 is 1.42. The van der Waals surface area contributed by atoms with Crippen LogP contribution in [-0.4, -0.2) is 45.2 Å². The summed E-state index contributed by atoms with van der Waals surface area (Å²) in [5.74, 6) is -1.42. The van der Waals surface area contributed by atoms with Crippen molar-refractivity contribution < 1.29 is 19.8 Å². The number of amides is 1. The SMILES string of the molecule is CC(C)(C)SCC(=O)N[C@H](CO)C(=O)O. The van der Waals surface area contributed by atoms with Crippen molar-refractivity contribution in [2.45, 2.75) is 31.6 Å². The number of aliphatic hydroxyl groups excluding tert-OH is 1. The molecule has 3 N–H and O–H groups in total. The Hall–Kier alpha value is -0.750. The van der Waals surface area contributed by atoms with Crippen LogP contribution in [-0.2, 0) is 9.59 Å². The van der Waals surface area contributed by atoms with E-state index in [9.17, 15) is 9.59 Å². The van der Waals surface area contributed by atoms with E-state index < -0.39 is 18.6 Å². The summed E-state index contributed by atoms with van der Waals surface area (Å²) in [5, 5.41) is 19.5. The van der Waals surface area contributed by atoms with Crippen molar-refractivity contribution in [1.82, 2.24) is 5.32 Å². The number of hydrogen-bond acceptors (Lipinski definition) is 4. The molecule has 5 nitrogen and oxygen atoms in total. The molecule has 6 heteroatoms. The minimum absolute atomic E-state index is 0.0464. The minimum Gasteiger partial charge on any atom is -0.480 e. The van der Waals surface area contributed by atoms with Crippen LogP contribution in [0.4, 0.5) is 0 Å². The fourth-order valence-corrected chi connectivity index (χ4v) is 1.35. The van der Waals surface area contributed by atoms with Gasteiger partial charge in [-0.25, -0.2) is 4.79 Å². The molecule has 0 aliphatic heterocycles.